The lowest BCUT2D eigenvalue weighted by Crippen LogP contribution is -2.01. The number of hydrogen-bond acceptors (Lipinski definition) is 3. The molecule has 0 bridgehead atoms. The Morgan fingerprint density at radius 2 is 2.00 bits per heavy atom. The van der Waals surface area contributed by atoms with E-state index in [1.807, 2.05) is 35.7 Å². The van der Waals surface area contributed by atoms with E-state index in [4.69, 9.17) is 16.3 Å². The maximum atomic E-state index is 13.9. The number of ether oxygens (including phenoxy) is 1. The van der Waals surface area contributed by atoms with Crippen molar-refractivity contribution in [1.29, 1.82) is 5.26 Å². The van der Waals surface area contributed by atoms with Crippen LogP contribution in [-0.4, -0.2) is 9.38 Å². The first-order valence-electron chi connectivity index (χ1n) is 10.2. The lowest BCUT2D eigenvalue weighted by Gasteiger charge is -2.13. The summed E-state index contributed by atoms with van der Waals surface area (Å²) in [6.07, 6.45) is 2.61. The molecule has 0 N–H and O–H groups in total. The van der Waals surface area contributed by atoms with E-state index in [2.05, 4.69) is 23.2 Å². The summed E-state index contributed by atoms with van der Waals surface area (Å²) < 4.78 is 21.9. The van der Waals surface area contributed by atoms with E-state index in [0.29, 0.717) is 29.4 Å². The zero-order valence-corrected chi connectivity index (χ0v) is 18.4. The smallest absolute Gasteiger partial charge is 0.138 e. The average Bonchev–Trinajstić information content (AvgIpc) is 2.98. The van der Waals surface area contributed by atoms with Gasteiger partial charge in [0.1, 0.15) is 23.8 Å². The minimum absolute atomic E-state index is 0.295. The fourth-order valence-electron chi connectivity index (χ4n) is 4.30. The summed E-state index contributed by atoms with van der Waals surface area (Å²) >= 11 is 6.12. The van der Waals surface area contributed by atoms with E-state index in [-0.39, 0.29) is 5.82 Å². The number of imidazole rings is 1. The molecule has 2 aromatic carbocycles. The Labute approximate surface area is 190 Å². The van der Waals surface area contributed by atoms with Gasteiger partial charge in [0.05, 0.1) is 11.8 Å². The van der Waals surface area contributed by atoms with Gasteiger partial charge in [0, 0.05) is 52.2 Å². The van der Waals surface area contributed by atoms with Gasteiger partial charge < -0.3 is 9.14 Å². The molecule has 0 spiro atoms. The van der Waals surface area contributed by atoms with Crippen molar-refractivity contribution in [2.45, 2.75) is 26.9 Å². The number of halogens is 2. The maximum absolute atomic E-state index is 13.9. The van der Waals surface area contributed by atoms with Crippen molar-refractivity contribution in [3.8, 4) is 11.8 Å². The number of benzene rings is 2. The molecule has 2 aromatic heterocycles. The van der Waals surface area contributed by atoms with Crippen LogP contribution in [-0.2, 0) is 13.0 Å². The molecule has 1 aliphatic heterocycles. The number of aromatic nitrogens is 2. The van der Waals surface area contributed by atoms with E-state index < -0.39 is 0 Å². The zero-order chi connectivity index (χ0) is 22.4. The Morgan fingerprint density at radius 3 is 2.81 bits per heavy atom. The monoisotopic (exact) mass is 443 g/mol. The number of nitrogens with zero attached hydrogens (tertiary/aromatic N) is 3. The van der Waals surface area contributed by atoms with Gasteiger partial charge in [-0.25, -0.2) is 9.37 Å². The molecule has 0 atom stereocenters. The molecule has 0 fully saturated rings. The fraction of sp³-hybridized carbons (Fsp3) is 0.154. The highest BCUT2D eigenvalue weighted by molar-refractivity contribution is 6.30. The highest BCUT2D eigenvalue weighted by Gasteiger charge is 2.22. The molecule has 3 heterocycles. The Hall–Kier alpha value is -3.62. The van der Waals surface area contributed by atoms with Crippen LogP contribution in [0.2, 0.25) is 5.02 Å². The van der Waals surface area contributed by atoms with Crippen LogP contribution in [0, 0.1) is 24.1 Å². The van der Waals surface area contributed by atoms with Gasteiger partial charge in [-0.15, -0.1) is 0 Å². The maximum Gasteiger partial charge on any atom is 0.138 e. The Balaban J connectivity index is 1.60. The largest absolute Gasteiger partial charge is 0.488 e. The number of allylic oxidation sites excluding steroid dienone is 1. The Bertz CT molecular complexity index is 1460. The standard InChI is InChI=1S/C26H19ClFN3O/c1-15(13-29)26-21-5-3-17(9-18(21)14-32-24-12-20(28)4-6-22(24)26)10-23-16(2)30-25-11-19(27)7-8-31(23)25/h3-9,11-12H,10,14H2,1-2H3. The quantitative estimate of drug-likeness (QED) is 0.343. The van der Waals surface area contributed by atoms with Crippen molar-refractivity contribution in [3.63, 3.8) is 0 Å². The molecule has 32 heavy (non-hydrogen) atoms. The lowest BCUT2D eigenvalue weighted by atomic mass is 9.89. The lowest BCUT2D eigenvalue weighted by molar-refractivity contribution is 0.305. The van der Waals surface area contributed by atoms with Gasteiger partial charge in [0.15, 0.2) is 0 Å². The Kier molecular flexibility index (Phi) is 4.96. The van der Waals surface area contributed by atoms with E-state index in [1.54, 1.807) is 13.0 Å². The molecular formula is C26H19ClFN3O. The SMILES string of the molecule is CC(C#N)=C1c2ccc(Cc3c(C)nc4cc(Cl)ccn34)cc2COc2cc(F)ccc21. The number of pyridine rings is 1. The van der Waals surface area contributed by atoms with Gasteiger partial charge in [-0.05, 0) is 48.7 Å². The third-order valence-corrected chi connectivity index (χ3v) is 6.07. The first-order valence-corrected chi connectivity index (χ1v) is 10.6. The molecule has 0 saturated carbocycles. The van der Waals surface area contributed by atoms with E-state index in [1.165, 1.54) is 12.1 Å². The minimum Gasteiger partial charge on any atom is -0.488 e. The summed E-state index contributed by atoms with van der Waals surface area (Å²) in [6, 6.07) is 16.6. The summed E-state index contributed by atoms with van der Waals surface area (Å²) in [5.41, 5.74) is 7.90. The second-order valence-electron chi connectivity index (χ2n) is 7.93. The van der Waals surface area contributed by atoms with Crippen molar-refractivity contribution < 1.29 is 9.13 Å². The number of nitriles is 1. The third kappa shape index (κ3) is 3.43. The molecule has 158 valence electrons. The molecule has 0 saturated heterocycles. The highest BCUT2D eigenvalue weighted by Crippen LogP contribution is 2.39. The number of aryl methyl sites for hydroxylation is 1. The van der Waals surface area contributed by atoms with Gasteiger partial charge in [-0.2, -0.15) is 5.26 Å². The second kappa shape index (κ2) is 7.81. The van der Waals surface area contributed by atoms with Gasteiger partial charge in [0.2, 0.25) is 0 Å². The summed E-state index contributed by atoms with van der Waals surface area (Å²) in [7, 11) is 0. The highest BCUT2D eigenvalue weighted by atomic mass is 35.5. The summed E-state index contributed by atoms with van der Waals surface area (Å²) in [5.74, 6) is 0.0782. The Morgan fingerprint density at radius 1 is 1.19 bits per heavy atom. The van der Waals surface area contributed by atoms with Crippen LogP contribution < -0.4 is 4.74 Å². The fourth-order valence-corrected chi connectivity index (χ4v) is 4.45. The molecule has 5 rings (SSSR count). The number of fused-ring (bicyclic) bond motifs is 3. The topological polar surface area (TPSA) is 50.3 Å². The second-order valence-corrected chi connectivity index (χ2v) is 8.36. The van der Waals surface area contributed by atoms with Gasteiger partial charge in [-0.3, -0.25) is 0 Å². The van der Waals surface area contributed by atoms with E-state index in [0.717, 1.165) is 44.9 Å². The third-order valence-electron chi connectivity index (χ3n) is 5.84. The van der Waals surface area contributed by atoms with Crippen molar-refractivity contribution in [2.24, 2.45) is 0 Å². The molecular weight excluding hydrogens is 425 g/mol. The molecule has 0 radical (unpaired) electrons. The van der Waals surface area contributed by atoms with Crippen LogP contribution >= 0.6 is 11.6 Å². The summed E-state index contributed by atoms with van der Waals surface area (Å²) in [4.78, 5) is 4.63. The van der Waals surface area contributed by atoms with Crippen LogP contribution in [0.3, 0.4) is 0 Å². The van der Waals surface area contributed by atoms with E-state index >= 15 is 0 Å². The molecule has 4 nitrogen and oxygen atoms in total. The number of hydrogen-bond donors (Lipinski definition) is 0. The first kappa shape index (κ1) is 20.3. The first-order chi connectivity index (χ1) is 15.4. The predicted molar refractivity (Wildman–Crippen MR) is 122 cm³/mol. The predicted octanol–water partition coefficient (Wildman–Crippen LogP) is 6.26. The van der Waals surface area contributed by atoms with Crippen molar-refractivity contribution in [2.75, 3.05) is 0 Å². The van der Waals surface area contributed by atoms with Gasteiger partial charge in [0.25, 0.3) is 0 Å². The van der Waals surface area contributed by atoms with Crippen LogP contribution in [0.1, 0.15) is 40.6 Å². The molecule has 6 heteroatoms. The van der Waals surface area contributed by atoms with E-state index in [9.17, 15) is 9.65 Å². The average molecular weight is 444 g/mol. The molecule has 0 aliphatic carbocycles. The van der Waals surface area contributed by atoms with Crippen LogP contribution in [0.15, 0.2) is 60.3 Å². The van der Waals surface area contributed by atoms with Gasteiger partial charge >= 0.3 is 0 Å². The van der Waals surface area contributed by atoms with Crippen molar-refractivity contribution in [1.82, 2.24) is 9.38 Å². The summed E-state index contributed by atoms with van der Waals surface area (Å²) in [5, 5.41) is 10.3. The van der Waals surface area contributed by atoms with Gasteiger partial charge in [-0.1, -0.05) is 29.8 Å². The van der Waals surface area contributed by atoms with Crippen molar-refractivity contribution >= 4 is 22.8 Å². The van der Waals surface area contributed by atoms with Crippen LogP contribution in [0.5, 0.6) is 5.75 Å². The summed E-state index contributed by atoms with van der Waals surface area (Å²) in [6.45, 7) is 4.06. The number of rotatable bonds is 2. The normalized spacial score (nSPS) is 14.2. The van der Waals surface area contributed by atoms with Crippen LogP contribution in [0.4, 0.5) is 4.39 Å². The molecule has 0 unspecified atom stereocenters. The molecule has 4 aromatic rings. The minimum atomic E-state index is -0.368. The van der Waals surface area contributed by atoms with Crippen molar-refractivity contribution in [3.05, 3.63) is 105 Å². The molecule has 1 aliphatic rings. The van der Waals surface area contributed by atoms with Crippen LogP contribution in [0.25, 0.3) is 11.2 Å². The zero-order valence-electron chi connectivity index (χ0n) is 17.6. The molecule has 0 amide bonds.